The van der Waals surface area contributed by atoms with Gasteiger partial charge in [-0.1, -0.05) is 13.3 Å². The molecule has 0 atom stereocenters. The van der Waals surface area contributed by atoms with Crippen LogP contribution in [0.15, 0.2) is 18.3 Å². The molecule has 0 saturated heterocycles. The summed E-state index contributed by atoms with van der Waals surface area (Å²) in [6.45, 7) is 2.28. The van der Waals surface area contributed by atoms with Crippen LogP contribution in [0.25, 0.3) is 0 Å². The molecule has 1 saturated carbocycles. The molecule has 1 fully saturated rings. The van der Waals surface area contributed by atoms with Crippen LogP contribution in [0.4, 0.5) is 5.82 Å². The Morgan fingerprint density at radius 3 is 2.72 bits per heavy atom. The van der Waals surface area contributed by atoms with E-state index >= 15 is 0 Å². The lowest BCUT2D eigenvalue weighted by atomic mass is 9.84. The molecular weight excluding hydrogens is 222 g/mol. The van der Waals surface area contributed by atoms with Crippen LogP contribution in [-0.4, -0.2) is 18.1 Å². The van der Waals surface area contributed by atoms with Crippen molar-refractivity contribution in [2.24, 2.45) is 5.92 Å². The molecule has 18 heavy (non-hydrogen) atoms. The molecule has 0 bridgehead atoms. The molecule has 0 radical (unpaired) electrons. The molecule has 3 heteroatoms. The Labute approximate surface area is 109 Å². The molecule has 1 aromatic rings. The van der Waals surface area contributed by atoms with E-state index in [1.807, 2.05) is 12.1 Å². The van der Waals surface area contributed by atoms with Crippen LogP contribution in [0.5, 0.6) is 0 Å². The first-order valence-corrected chi connectivity index (χ1v) is 6.84. The second-order valence-corrected chi connectivity index (χ2v) is 5.18. The summed E-state index contributed by atoms with van der Waals surface area (Å²) < 4.78 is 0. The van der Waals surface area contributed by atoms with Gasteiger partial charge in [0.2, 0.25) is 0 Å². The van der Waals surface area contributed by atoms with Crippen molar-refractivity contribution in [1.29, 1.82) is 5.26 Å². The van der Waals surface area contributed by atoms with Crippen LogP contribution in [0.1, 0.15) is 44.6 Å². The van der Waals surface area contributed by atoms with Crippen LogP contribution in [0.3, 0.4) is 0 Å². The number of hydrogen-bond acceptors (Lipinski definition) is 3. The largest absolute Gasteiger partial charge is 0.356 e. The lowest BCUT2D eigenvalue weighted by molar-refractivity contribution is 0.313. The van der Waals surface area contributed by atoms with Crippen molar-refractivity contribution < 1.29 is 0 Å². The van der Waals surface area contributed by atoms with E-state index in [0.29, 0.717) is 11.6 Å². The van der Waals surface area contributed by atoms with E-state index in [4.69, 9.17) is 5.26 Å². The van der Waals surface area contributed by atoms with E-state index in [-0.39, 0.29) is 0 Å². The van der Waals surface area contributed by atoms with Gasteiger partial charge in [-0.3, -0.25) is 0 Å². The van der Waals surface area contributed by atoms with Gasteiger partial charge in [-0.05, 0) is 43.7 Å². The summed E-state index contributed by atoms with van der Waals surface area (Å²) in [5.41, 5.74) is 0.678. The van der Waals surface area contributed by atoms with Gasteiger partial charge >= 0.3 is 0 Å². The van der Waals surface area contributed by atoms with Crippen LogP contribution >= 0.6 is 0 Å². The molecular formula is C15H21N3. The van der Waals surface area contributed by atoms with Gasteiger partial charge in [0, 0.05) is 19.3 Å². The summed E-state index contributed by atoms with van der Waals surface area (Å²) in [6, 6.07) is 6.44. The van der Waals surface area contributed by atoms with Gasteiger partial charge in [0.25, 0.3) is 0 Å². The molecule has 1 aliphatic rings. The maximum absolute atomic E-state index is 9.13. The Hall–Kier alpha value is -1.56. The van der Waals surface area contributed by atoms with Crippen molar-refractivity contribution in [2.45, 2.75) is 45.1 Å². The highest BCUT2D eigenvalue weighted by molar-refractivity contribution is 5.53. The molecule has 2 rings (SSSR count). The van der Waals surface area contributed by atoms with Crippen LogP contribution in [0.2, 0.25) is 0 Å². The average Bonchev–Trinajstić information content (AvgIpc) is 2.46. The molecule has 1 heterocycles. The standard InChI is InChI=1S/C15H21N3/c1-3-12-6-8-14(9-7-12)18(2)15-13(11-16)5-4-10-17-15/h4-5,10,12,14H,3,6-9H2,1-2H3. The Bertz CT molecular complexity index is 428. The summed E-state index contributed by atoms with van der Waals surface area (Å²) in [5, 5.41) is 9.13. The van der Waals surface area contributed by atoms with Gasteiger partial charge in [0.15, 0.2) is 0 Å². The minimum atomic E-state index is 0.537. The van der Waals surface area contributed by atoms with Crippen molar-refractivity contribution >= 4 is 5.82 Å². The quantitative estimate of drug-likeness (QED) is 0.817. The minimum Gasteiger partial charge on any atom is -0.356 e. The molecule has 0 aromatic carbocycles. The number of anilines is 1. The summed E-state index contributed by atoms with van der Waals surface area (Å²) >= 11 is 0. The van der Waals surface area contributed by atoms with Crippen molar-refractivity contribution in [2.75, 3.05) is 11.9 Å². The monoisotopic (exact) mass is 243 g/mol. The minimum absolute atomic E-state index is 0.537. The first kappa shape index (κ1) is 12.9. The molecule has 0 aliphatic heterocycles. The third-order valence-corrected chi connectivity index (χ3v) is 4.18. The topological polar surface area (TPSA) is 39.9 Å². The predicted molar refractivity (Wildman–Crippen MR) is 73.4 cm³/mol. The van der Waals surface area contributed by atoms with E-state index in [9.17, 15) is 0 Å². The fourth-order valence-electron chi connectivity index (χ4n) is 2.88. The smallest absolute Gasteiger partial charge is 0.146 e. The number of nitrogens with zero attached hydrogens (tertiary/aromatic N) is 3. The SMILES string of the molecule is CCC1CCC(N(C)c2ncccc2C#N)CC1. The van der Waals surface area contributed by atoms with Crippen molar-refractivity contribution in [3.63, 3.8) is 0 Å². The Morgan fingerprint density at radius 1 is 1.39 bits per heavy atom. The third-order valence-electron chi connectivity index (χ3n) is 4.18. The van der Waals surface area contributed by atoms with Crippen LogP contribution < -0.4 is 4.90 Å². The van der Waals surface area contributed by atoms with Gasteiger partial charge in [-0.15, -0.1) is 0 Å². The Balaban J connectivity index is 2.08. The van der Waals surface area contributed by atoms with Gasteiger partial charge in [-0.2, -0.15) is 5.26 Å². The lowest BCUT2D eigenvalue weighted by Gasteiger charge is -2.35. The second kappa shape index (κ2) is 5.86. The molecule has 0 amide bonds. The summed E-state index contributed by atoms with van der Waals surface area (Å²) in [5.74, 6) is 1.73. The Morgan fingerprint density at radius 2 is 2.11 bits per heavy atom. The highest BCUT2D eigenvalue weighted by Gasteiger charge is 2.24. The fraction of sp³-hybridized carbons (Fsp3) is 0.600. The molecule has 1 aromatic heterocycles. The highest BCUT2D eigenvalue weighted by atomic mass is 15.2. The van der Waals surface area contributed by atoms with Gasteiger partial charge in [-0.25, -0.2) is 4.98 Å². The predicted octanol–water partition coefficient (Wildman–Crippen LogP) is 3.36. The normalized spacial score (nSPS) is 23.4. The first-order chi connectivity index (χ1) is 8.76. The molecule has 0 N–H and O–H groups in total. The van der Waals surface area contributed by atoms with E-state index in [1.54, 1.807) is 6.20 Å². The summed E-state index contributed by atoms with van der Waals surface area (Å²) in [6.07, 6.45) is 8.11. The fourth-order valence-corrected chi connectivity index (χ4v) is 2.88. The van der Waals surface area contributed by atoms with Gasteiger partial charge in [0.1, 0.15) is 11.9 Å². The van der Waals surface area contributed by atoms with Crippen LogP contribution in [-0.2, 0) is 0 Å². The zero-order chi connectivity index (χ0) is 13.0. The maximum atomic E-state index is 9.13. The molecule has 0 unspecified atom stereocenters. The summed E-state index contributed by atoms with van der Waals surface area (Å²) in [7, 11) is 2.07. The second-order valence-electron chi connectivity index (χ2n) is 5.18. The van der Waals surface area contributed by atoms with Crippen molar-refractivity contribution in [3.8, 4) is 6.07 Å². The number of rotatable bonds is 3. The highest BCUT2D eigenvalue weighted by Crippen LogP contribution is 2.31. The van der Waals surface area contributed by atoms with E-state index < -0.39 is 0 Å². The van der Waals surface area contributed by atoms with Crippen molar-refractivity contribution in [3.05, 3.63) is 23.9 Å². The number of aromatic nitrogens is 1. The zero-order valence-electron chi connectivity index (χ0n) is 11.3. The Kier molecular flexibility index (Phi) is 4.19. The van der Waals surface area contributed by atoms with Crippen LogP contribution in [0, 0.1) is 17.2 Å². The number of pyridine rings is 1. The van der Waals surface area contributed by atoms with E-state index in [2.05, 4.69) is 29.9 Å². The van der Waals surface area contributed by atoms with Gasteiger partial charge < -0.3 is 4.90 Å². The van der Waals surface area contributed by atoms with E-state index in [1.165, 1.54) is 32.1 Å². The average molecular weight is 243 g/mol. The molecule has 96 valence electrons. The maximum Gasteiger partial charge on any atom is 0.146 e. The summed E-state index contributed by atoms with van der Waals surface area (Å²) in [4.78, 5) is 6.57. The molecule has 3 nitrogen and oxygen atoms in total. The van der Waals surface area contributed by atoms with Gasteiger partial charge in [0.05, 0.1) is 5.56 Å². The lowest BCUT2D eigenvalue weighted by Crippen LogP contribution is -2.36. The first-order valence-electron chi connectivity index (χ1n) is 6.84. The van der Waals surface area contributed by atoms with E-state index in [0.717, 1.165) is 11.7 Å². The molecule has 0 spiro atoms. The van der Waals surface area contributed by atoms with Crippen molar-refractivity contribution in [1.82, 2.24) is 4.98 Å². The number of nitriles is 1. The third kappa shape index (κ3) is 2.64. The molecule has 1 aliphatic carbocycles. The zero-order valence-corrected chi connectivity index (χ0v) is 11.3. The number of hydrogen-bond donors (Lipinski definition) is 0.